The Bertz CT molecular complexity index is 1060. The van der Waals surface area contributed by atoms with E-state index in [2.05, 4.69) is 20.6 Å². The third kappa shape index (κ3) is 3.45. The molecule has 2 aliphatic heterocycles. The van der Waals surface area contributed by atoms with Gasteiger partial charge in [0.1, 0.15) is 5.69 Å². The van der Waals surface area contributed by atoms with Crippen LogP contribution in [-0.4, -0.2) is 44.3 Å². The standard InChI is InChI=1S/C19H18ClF3N6O/c1-10-6-8-24-18(25-10)29-14-7-9-28(11(2)16(14)26-27-29)17(30)12-4-3-5-13(15(12)20)19(21,22)23/h3-6,8,10-11H,7,9H2,1-2H3,(H,24,25)/t10?,11-/m1/s1. The Labute approximate surface area is 175 Å². The van der Waals surface area contributed by atoms with Crippen molar-refractivity contribution in [2.24, 2.45) is 4.99 Å². The van der Waals surface area contributed by atoms with Crippen molar-refractivity contribution in [2.45, 2.75) is 38.5 Å². The smallest absolute Gasteiger partial charge is 0.348 e. The Kier molecular flexibility index (Phi) is 5.05. The van der Waals surface area contributed by atoms with Crippen molar-refractivity contribution in [3.8, 4) is 0 Å². The van der Waals surface area contributed by atoms with Crippen LogP contribution in [0.2, 0.25) is 5.02 Å². The van der Waals surface area contributed by atoms with E-state index in [-0.39, 0.29) is 18.2 Å². The number of hydrogen-bond donors (Lipinski definition) is 1. The van der Waals surface area contributed by atoms with Crippen LogP contribution in [0.3, 0.4) is 0 Å². The summed E-state index contributed by atoms with van der Waals surface area (Å²) in [5.41, 5.74) is 0.154. The molecule has 1 aromatic heterocycles. The summed E-state index contributed by atoms with van der Waals surface area (Å²) in [5.74, 6) is -0.0462. The normalized spacial score (nSPS) is 21.1. The highest BCUT2D eigenvalue weighted by atomic mass is 35.5. The van der Waals surface area contributed by atoms with Crippen molar-refractivity contribution in [3.05, 3.63) is 58.0 Å². The minimum atomic E-state index is -4.64. The number of fused-ring (bicyclic) bond motifs is 1. The number of rotatable bonds is 1. The van der Waals surface area contributed by atoms with Crippen LogP contribution in [0, 0.1) is 0 Å². The number of amides is 1. The molecule has 1 aromatic carbocycles. The highest BCUT2D eigenvalue weighted by Crippen LogP contribution is 2.37. The lowest BCUT2D eigenvalue weighted by molar-refractivity contribution is -0.137. The fourth-order valence-electron chi connectivity index (χ4n) is 3.61. The minimum Gasteiger partial charge on any atom is -0.348 e. The summed E-state index contributed by atoms with van der Waals surface area (Å²) in [5, 5.41) is 11.0. The second-order valence-corrected chi connectivity index (χ2v) is 7.53. The van der Waals surface area contributed by atoms with Crippen molar-refractivity contribution in [1.82, 2.24) is 25.2 Å². The predicted molar refractivity (Wildman–Crippen MR) is 104 cm³/mol. The SMILES string of the molecule is CC1C=CN=C(n2nnc3c2CCN(C(=O)c2cccc(C(F)(F)F)c2Cl)[C@@H]3C)N1. The molecule has 7 nitrogen and oxygen atoms in total. The summed E-state index contributed by atoms with van der Waals surface area (Å²) in [6.45, 7) is 4.01. The number of carbonyl (C=O) groups excluding carboxylic acids is 1. The molecule has 0 radical (unpaired) electrons. The van der Waals surface area contributed by atoms with E-state index >= 15 is 0 Å². The molecule has 2 aromatic rings. The number of aliphatic imine (C=N–C) groups is 1. The molecule has 1 unspecified atom stereocenters. The quantitative estimate of drug-likeness (QED) is 0.740. The molecule has 0 spiro atoms. The Balaban J connectivity index is 1.64. The van der Waals surface area contributed by atoms with Crippen LogP contribution in [0.1, 0.15) is 47.2 Å². The van der Waals surface area contributed by atoms with Crippen molar-refractivity contribution in [1.29, 1.82) is 0 Å². The van der Waals surface area contributed by atoms with E-state index < -0.39 is 28.7 Å². The van der Waals surface area contributed by atoms with Gasteiger partial charge in [-0.1, -0.05) is 22.9 Å². The van der Waals surface area contributed by atoms with Crippen LogP contribution in [0.15, 0.2) is 35.5 Å². The van der Waals surface area contributed by atoms with Crippen molar-refractivity contribution >= 4 is 23.5 Å². The third-order valence-electron chi connectivity index (χ3n) is 5.17. The van der Waals surface area contributed by atoms with Gasteiger partial charge in [-0.3, -0.25) is 4.79 Å². The first-order valence-corrected chi connectivity index (χ1v) is 9.68. The Morgan fingerprint density at radius 2 is 2.07 bits per heavy atom. The van der Waals surface area contributed by atoms with Crippen LogP contribution in [0.4, 0.5) is 13.2 Å². The largest absolute Gasteiger partial charge is 0.417 e. The second kappa shape index (κ2) is 7.42. The maximum Gasteiger partial charge on any atom is 0.417 e. The molecule has 4 rings (SSSR count). The number of hydrogen-bond acceptors (Lipinski definition) is 5. The Morgan fingerprint density at radius 1 is 1.30 bits per heavy atom. The minimum absolute atomic E-state index is 0.0829. The fraction of sp³-hybridized carbons (Fsp3) is 0.368. The Hall–Kier alpha value is -2.88. The van der Waals surface area contributed by atoms with Gasteiger partial charge in [0.15, 0.2) is 0 Å². The molecule has 2 aliphatic rings. The highest BCUT2D eigenvalue weighted by molar-refractivity contribution is 6.34. The number of nitrogens with zero attached hydrogens (tertiary/aromatic N) is 5. The third-order valence-corrected chi connectivity index (χ3v) is 5.58. The second-order valence-electron chi connectivity index (χ2n) is 7.15. The molecular weight excluding hydrogens is 421 g/mol. The van der Waals surface area contributed by atoms with Gasteiger partial charge in [0.05, 0.1) is 27.9 Å². The van der Waals surface area contributed by atoms with Gasteiger partial charge >= 0.3 is 6.18 Å². The zero-order valence-corrected chi connectivity index (χ0v) is 16.9. The van der Waals surface area contributed by atoms with E-state index in [1.54, 1.807) is 17.8 Å². The summed E-state index contributed by atoms with van der Waals surface area (Å²) in [7, 11) is 0. The van der Waals surface area contributed by atoms with E-state index in [4.69, 9.17) is 11.6 Å². The van der Waals surface area contributed by atoms with Gasteiger partial charge in [0, 0.05) is 25.2 Å². The Morgan fingerprint density at radius 3 is 2.77 bits per heavy atom. The lowest BCUT2D eigenvalue weighted by atomic mass is 10.0. The number of nitrogens with one attached hydrogen (secondary N) is 1. The molecule has 0 fully saturated rings. The first-order valence-electron chi connectivity index (χ1n) is 9.31. The van der Waals surface area contributed by atoms with Crippen LogP contribution in [0.5, 0.6) is 0 Å². The lowest BCUT2D eigenvalue weighted by Crippen LogP contribution is -2.42. The van der Waals surface area contributed by atoms with Gasteiger partial charge in [-0.15, -0.1) is 5.10 Å². The number of carbonyl (C=O) groups is 1. The summed E-state index contributed by atoms with van der Waals surface area (Å²) in [4.78, 5) is 18.8. The highest BCUT2D eigenvalue weighted by Gasteiger charge is 2.38. The first-order chi connectivity index (χ1) is 14.2. The molecule has 2 atom stereocenters. The first kappa shape index (κ1) is 20.4. The number of alkyl halides is 3. The van der Waals surface area contributed by atoms with Gasteiger partial charge < -0.3 is 10.2 Å². The number of aromatic nitrogens is 3. The maximum atomic E-state index is 13.2. The van der Waals surface area contributed by atoms with Gasteiger partial charge in [0.25, 0.3) is 5.91 Å². The summed E-state index contributed by atoms with van der Waals surface area (Å²) in [6.07, 6.45) is -0.638. The molecule has 30 heavy (non-hydrogen) atoms. The van der Waals surface area contributed by atoms with Gasteiger partial charge in [-0.2, -0.15) is 17.9 Å². The van der Waals surface area contributed by atoms with Crippen LogP contribution in [0.25, 0.3) is 0 Å². The molecule has 1 N–H and O–H groups in total. The predicted octanol–water partition coefficient (Wildman–Crippen LogP) is 3.42. The molecular formula is C19H18ClF3N6O. The number of halogens is 4. The van der Waals surface area contributed by atoms with Crippen molar-refractivity contribution in [2.75, 3.05) is 6.54 Å². The molecule has 1 amide bonds. The molecule has 0 saturated heterocycles. The monoisotopic (exact) mass is 438 g/mol. The van der Waals surface area contributed by atoms with Crippen molar-refractivity contribution in [3.63, 3.8) is 0 Å². The fourth-order valence-corrected chi connectivity index (χ4v) is 3.92. The summed E-state index contributed by atoms with van der Waals surface area (Å²) < 4.78 is 41.1. The molecule has 0 bridgehead atoms. The zero-order valence-electron chi connectivity index (χ0n) is 16.1. The van der Waals surface area contributed by atoms with Crippen molar-refractivity contribution < 1.29 is 18.0 Å². The van der Waals surface area contributed by atoms with E-state index in [9.17, 15) is 18.0 Å². The summed E-state index contributed by atoms with van der Waals surface area (Å²) >= 11 is 5.94. The van der Waals surface area contributed by atoms with E-state index in [1.165, 1.54) is 17.0 Å². The topological polar surface area (TPSA) is 75.4 Å². The van der Waals surface area contributed by atoms with E-state index in [0.29, 0.717) is 18.1 Å². The molecule has 158 valence electrons. The van der Waals surface area contributed by atoms with Gasteiger partial charge in [0.2, 0.25) is 5.96 Å². The molecule has 11 heteroatoms. The summed E-state index contributed by atoms with van der Waals surface area (Å²) in [6, 6.07) is 2.93. The lowest BCUT2D eigenvalue weighted by Gasteiger charge is -2.33. The van der Waals surface area contributed by atoms with Gasteiger partial charge in [-0.05, 0) is 32.1 Å². The average molecular weight is 439 g/mol. The van der Waals surface area contributed by atoms with Gasteiger partial charge in [-0.25, -0.2) is 4.99 Å². The van der Waals surface area contributed by atoms with Crippen LogP contribution < -0.4 is 5.32 Å². The average Bonchev–Trinajstić information content (AvgIpc) is 3.12. The van der Waals surface area contributed by atoms with E-state index in [0.717, 1.165) is 11.8 Å². The zero-order chi connectivity index (χ0) is 21.6. The van der Waals surface area contributed by atoms with Crippen LogP contribution >= 0.6 is 11.6 Å². The molecule has 0 saturated carbocycles. The number of benzene rings is 1. The van der Waals surface area contributed by atoms with E-state index in [1.807, 2.05) is 13.0 Å². The molecule has 3 heterocycles. The molecule has 0 aliphatic carbocycles. The maximum absolute atomic E-state index is 13.2. The van der Waals surface area contributed by atoms with Crippen LogP contribution in [-0.2, 0) is 12.6 Å².